The maximum absolute atomic E-state index is 12.4. The monoisotopic (exact) mass is 483 g/mol. The van der Waals surface area contributed by atoms with Crippen molar-refractivity contribution in [2.75, 3.05) is 32.6 Å². The van der Waals surface area contributed by atoms with Crippen molar-refractivity contribution in [3.8, 4) is 5.75 Å². The van der Waals surface area contributed by atoms with E-state index in [9.17, 15) is 21.6 Å². The molecule has 0 atom stereocenters. The van der Waals surface area contributed by atoms with E-state index in [0.29, 0.717) is 35.5 Å². The Morgan fingerprint density at radius 1 is 0.969 bits per heavy atom. The average Bonchev–Trinajstić information content (AvgIpc) is 2.72. The molecule has 0 radical (unpaired) electrons. The number of hydrogen-bond acceptors (Lipinski definition) is 6. The molecular weight excluding hydrogens is 454 g/mol. The number of ether oxygens (including phenoxy) is 1. The predicted octanol–water partition coefficient (Wildman–Crippen LogP) is 2.26. The molecule has 0 saturated carbocycles. The van der Waals surface area contributed by atoms with Gasteiger partial charge in [-0.15, -0.1) is 0 Å². The Kier molecular flexibility index (Phi) is 8.41. The number of carbonyl (C=O) groups excluding carboxylic acids is 1. The molecule has 2 rings (SSSR count). The van der Waals surface area contributed by atoms with Gasteiger partial charge in [-0.05, 0) is 61.7 Å². The standard InChI is InChI=1S/C21H29N3O6S2/c1-6-11-22-31(26,27)17-9-10-20(16(3)12-17)30-14-21(25)23-19-13-18(8-7-15(19)2)32(28,29)24(4)5/h7-10,12-13,22H,6,11,14H2,1-5H3,(H,23,25). The van der Waals surface area contributed by atoms with Gasteiger partial charge in [0.05, 0.1) is 9.79 Å². The third-order valence-electron chi connectivity index (χ3n) is 4.62. The predicted molar refractivity (Wildman–Crippen MR) is 123 cm³/mol. The fourth-order valence-electron chi connectivity index (χ4n) is 2.71. The minimum atomic E-state index is -3.64. The summed E-state index contributed by atoms with van der Waals surface area (Å²) in [6.07, 6.45) is 0.679. The Balaban J connectivity index is 2.09. The molecule has 2 aromatic carbocycles. The molecule has 32 heavy (non-hydrogen) atoms. The molecule has 176 valence electrons. The molecule has 0 aromatic heterocycles. The third-order valence-corrected chi connectivity index (χ3v) is 7.89. The van der Waals surface area contributed by atoms with E-state index in [1.165, 1.54) is 44.4 Å². The van der Waals surface area contributed by atoms with E-state index in [0.717, 1.165) is 4.31 Å². The molecule has 0 aliphatic rings. The lowest BCUT2D eigenvalue weighted by Crippen LogP contribution is -2.24. The summed E-state index contributed by atoms with van der Waals surface area (Å²) in [6, 6.07) is 8.88. The Labute approximate surface area is 189 Å². The van der Waals surface area contributed by atoms with E-state index in [4.69, 9.17) is 4.74 Å². The van der Waals surface area contributed by atoms with E-state index in [-0.39, 0.29) is 16.4 Å². The zero-order valence-electron chi connectivity index (χ0n) is 18.8. The smallest absolute Gasteiger partial charge is 0.262 e. The molecule has 0 aliphatic carbocycles. The quantitative estimate of drug-likeness (QED) is 0.535. The molecule has 0 bridgehead atoms. The van der Waals surface area contributed by atoms with Crippen LogP contribution in [0.3, 0.4) is 0 Å². The minimum absolute atomic E-state index is 0.0636. The zero-order chi connectivity index (χ0) is 24.1. The molecule has 0 spiro atoms. The SMILES string of the molecule is CCCNS(=O)(=O)c1ccc(OCC(=O)Nc2cc(S(=O)(=O)N(C)C)ccc2C)c(C)c1. The van der Waals surface area contributed by atoms with E-state index >= 15 is 0 Å². The first-order chi connectivity index (χ1) is 14.9. The molecule has 1 amide bonds. The Hall–Kier alpha value is -2.47. The normalized spacial score (nSPS) is 12.1. The van der Waals surface area contributed by atoms with Gasteiger partial charge in [0.2, 0.25) is 20.0 Å². The number of nitrogens with one attached hydrogen (secondary N) is 2. The van der Waals surface area contributed by atoms with Gasteiger partial charge in [-0.2, -0.15) is 0 Å². The maximum Gasteiger partial charge on any atom is 0.262 e. The van der Waals surface area contributed by atoms with Crippen LogP contribution in [-0.2, 0) is 24.8 Å². The van der Waals surface area contributed by atoms with Gasteiger partial charge < -0.3 is 10.1 Å². The van der Waals surface area contributed by atoms with Crippen LogP contribution in [0, 0.1) is 13.8 Å². The van der Waals surface area contributed by atoms with Gasteiger partial charge in [-0.3, -0.25) is 4.79 Å². The minimum Gasteiger partial charge on any atom is -0.483 e. The lowest BCUT2D eigenvalue weighted by molar-refractivity contribution is -0.118. The third kappa shape index (κ3) is 6.28. The fraction of sp³-hybridized carbons (Fsp3) is 0.381. The number of hydrogen-bond donors (Lipinski definition) is 2. The topological polar surface area (TPSA) is 122 Å². The summed E-state index contributed by atoms with van der Waals surface area (Å²) in [5.74, 6) is -0.108. The van der Waals surface area contributed by atoms with Gasteiger partial charge in [0, 0.05) is 26.3 Å². The van der Waals surface area contributed by atoms with Crippen LogP contribution in [0.5, 0.6) is 5.75 Å². The molecule has 0 fully saturated rings. The van der Waals surface area contributed by atoms with Crippen molar-refractivity contribution in [1.82, 2.24) is 9.03 Å². The van der Waals surface area contributed by atoms with Gasteiger partial charge in [-0.1, -0.05) is 13.0 Å². The molecule has 2 aromatic rings. The van der Waals surface area contributed by atoms with Crippen LogP contribution in [0.15, 0.2) is 46.2 Å². The number of aryl methyl sites for hydroxylation is 2. The lowest BCUT2D eigenvalue weighted by Gasteiger charge is -2.15. The molecular formula is C21H29N3O6S2. The summed E-state index contributed by atoms with van der Waals surface area (Å²) in [4.78, 5) is 12.6. The Morgan fingerprint density at radius 2 is 1.62 bits per heavy atom. The van der Waals surface area contributed by atoms with Crippen LogP contribution in [0.4, 0.5) is 5.69 Å². The first kappa shape index (κ1) is 25.8. The number of nitrogens with zero attached hydrogens (tertiary/aromatic N) is 1. The fourth-order valence-corrected chi connectivity index (χ4v) is 4.85. The average molecular weight is 484 g/mol. The number of amides is 1. The van der Waals surface area contributed by atoms with Gasteiger partial charge >= 0.3 is 0 Å². The lowest BCUT2D eigenvalue weighted by atomic mass is 10.2. The molecule has 2 N–H and O–H groups in total. The summed E-state index contributed by atoms with van der Waals surface area (Å²) < 4.78 is 58.3. The number of sulfonamides is 2. The zero-order valence-corrected chi connectivity index (χ0v) is 20.4. The van der Waals surface area contributed by atoms with Crippen molar-refractivity contribution in [3.63, 3.8) is 0 Å². The van der Waals surface area contributed by atoms with Crippen molar-refractivity contribution >= 4 is 31.6 Å². The summed E-state index contributed by atoms with van der Waals surface area (Å²) in [5.41, 5.74) is 1.62. The van der Waals surface area contributed by atoms with Gasteiger partial charge in [-0.25, -0.2) is 25.9 Å². The second kappa shape index (κ2) is 10.4. The van der Waals surface area contributed by atoms with Crippen molar-refractivity contribution in [1.29, 1.82) is 0 Å². The van der Waals surface area contributed by atoms with Crippen LogP contribution >= 0.6 is 0 Å². The highest BCUT2D eigenvalue weighted by Gasteiger charge is 2.19. The summed E-state index contributed by atoms with van der Waals surface area (Å²) in [6.45, 7) is 5.32. The highest BCUT2D eigenvalue weighted by atomic mass is 32.2. The molecule has 0 saturated heterocycles. The highest BCUT2D eigenvalue weighted by molar-refractivity contribution is 7.89. The molecule has 0 unspecified atom stereocenters. The van der Waals surface area contributed by atoms with E-state index in [1.807, 2.05) is 6.92 Å². The van der Waals surface area contributed by atoms with Crippen molar-refractivity contribution < 1.29 is 26.4 Å². The van der Waals surface area contributed by atoms with E-state index in [1.54, 1.807) is 19.9 Å². The summed E-state index contributed by atoms with van der Waals surface area (Å²) in [5, 5.41) is 2.66. The summed E-state index contributed by atoms with van der Waals surface area (Å²) >= 11 is 0. The first-order valence-electron chi connectivity index (χ1n) is 9.94. The van der Waals surface area contributed by atoms with Gasteiger partial charge in [0.25, 0.3) is 5.91 Å². The molecule has 0 aliphatic heterocycles. The summed E-state index contributed by atoms with van der Waals surface area (Å²) in [7, 11) is -4.38. The molecule has 11 heteroatoms. The Bertz CT molecular complexity index is 1190. The van der Waals surface area contributed by atoms with Crippen LogP contribution < -0.4 is 14.8 Å². The number of benzene rings is 2. The first-order valence-corrected chi connectivity index (χ1v) is 12.9. The van der Waals surface area contributed by atoms with Crippen molar-refractivity contribution in [3.05, 3.63) is 47.5 Å². The highest BCUT2D eigenvalue weighted by Crippen LogP contribution is 2.23. The maximum atomic E-state index is 12.4. The number of rotatable bonds is 10. The van der Waals surface area contributed by atoms with Gasteiger partial charge in [0.15, 0.2) is 6.61 Å². The van der Waals surface area contributed by atoms with Crippen LogP contribution in [-0.4, -0.2) is 54.3 Å². The van der Waals surface area contributed by atoms with Crippen molar-refractivity contribution in [2.45, 2.75) is 37.0 Å². The van der Waals surface area contributed by atoms with Crippen molar-refractivity contribution in [2.24, 2.45) is 0 Å². The van der Waals surface area contributed by atoms with Crippen LogP contribution in [0.25, 0.3) is 0 Å². The largest absolute Gasteiger partial charge is 0.483 e. The number of carbonyl (C=O) groups is 1. The van der Waals surface area contributed by atoms with E-state index in [2.05, 4.69) is 10.0 Å². The van der Waals surface area contributed by atoms with Gasteiger partial charge in [0.1, 0.15) is 5.75 Å². The number of anilines is 1. The van der Waals surface area contributed by atoms with Crippen LogP contribution in [0.1, 0.15) is 24.5 Å². The molecule has 0 heterocycles. The Morgan fingerprint density at radius 3 is 2.22 bits per heavy atom. The second-order valence-electron chi connectivity index (χ2n) is 7.43. The van der Waals surface area contributed by atoms with Crippen LogP contribution in [0.2, 0.25) is 0 Å². The molecule has 9 nitrogen and oxygen atoms in total. The second-order valence-corrected chi connectivity index (χ2v) is 11.3. The van der Waals surface area contributed by atoms with E-state index < -0.39 is 26.0 Å².